The first kappa shape index (κ1) is 19.3. The molecule has 0 radical (unpaired) electrons. The Morgan fingerprint density at radius 3 is 2.45 bits per heavy atom. The van der Waals surface area contributed by atoms with Gasteiger partial charge < -0.3 is 14.6 Å². The molecule has 0 heterocycles. The van der Waals surface area contributed by atoms with Crippen molar-refractivity contribution >= 4 is 5.97 Å². The van der Waals surface area contributed by atoms with Crippen LogP contribution in [0.15, 0.2) is 18.2 Å². The van der Waals surface area contributed by atoms with Gasteiger partial charge in [-0.15, -0.1) is 0 Å². The van der Waals surface area contributed by atoms with Gasteiger partial charge in [0.25, 0.3) is 0 Å². The minimum atomic E-state index is -4.61. The molecule has 0 amide bonds. The van der Waals surface area contributed by atoms with Gasteiger partial charge in [0.05, 0.1) is 11.5 Å². The molecule has 5 rings (SSSR count). The largest absolute Gasteiger partial charge is 0.545 e. The molecule has 4 aliphatic rings. The van der Waals surface area contributed by atoms with Crippen LogP contribution >= 0.6 is 0 Å². The van der Waals surface area contributed by atoms with Crippen molar-refractivity contribution in [3.05, 3.63) is 29.3 Å². The number of hydrogen-bond acceptors (Lipinski definition) is 3. The molecule has 4 fully saturated rings. The van der Waals surface area contributed by atoms with Crippen LogP contribution in [-0.2, 0) is 6.18 Å². The number of hydrogen-bond donors (Lipinski definition) is 0. The van der Waals surface area contributed by atoms with Crippen LogP contribution < -0.4 is 9.84 Å². The Kier molecular flexibility index (Phi) is 4.08. The van der Waals surface area contributed by atoms with Crippen LogP contribution in [0.3, 0.4) is 0 Å². The van der Waals surface area contributed by atoms with E-state index < -0.39 is 23.3 Å². The molecular formula is C23H26F3O3-. The van der Waals surface area contributed by atoms with E-state index in [4.69, 9.17) is 4.74 Å². The van der Waals surface area contributed by atoms with Crippen LogP contribution in [0.4, 0.5) is 13.2 Å². The summed E-state index contributed by atoms with van der Waals surface area (Å²) in [7, 11) is 0. The molecule has 7 unspecified atom stereocenters. The minimum absolute atomic E-state index is 0.0465. The van der Waals surface area contributed by atoms with E-state index in [2.05, 4.69) is 0 Å². The van der Waals surface area contributed by atoms with Gasteiger partial charge in [-0.1, -0.05) is 19.9 Å². The number of rotatable bonds is 4. The molecule has 158 valence electrons. The molecule has 1 aromatic carbocycles. The van der Waals surface area contributed by atoms with Crippen molar-refractivity contribution in [3.8, 4) is 5.75 Å². The number of carboxylic acid groups (broad SMARTS) is 1. The second-order valence-electron chi connectivity index (χ2n) is 10.0. The lowest BCUT2D eigenvalue weighted by Gasteiger charge is -2.49. The lowest BCUT2D eigenvalue weighted by atomic mass is 9.63. The van der Waals surface area contributed by atoms with Crippen LogP contribution in [0, 0.1) is 41.4 Å². The molecular weight excluding hydrogens is 381 g/mol. The SMILES string of the molecule is CC(C)C1(Oc2cc(C(=O)[O-])ccc2C(F)(F)F)CC2CC1C1C3CCC(C3)C21. The third kappa shape index (κ3) is 2.66. The summed E-state index contributed by atoms with van der Waals surface area (Å²) in [5, 5.41) is 11.3. The zero-order valence-corrected chi connectivity index (χ0v) is 16.7. The Labute approximate surface area is 168 Å². The van der Waals surface area contributed by atoms with Crippen LogP contribution in [-0.4, -0.2) is 11.6 Å². The maximum absolute atomic E-state index is 13.7. The van der Waals surface area contributed by atoms with Gasteiger partial charge in [-0.2, -0.15) is 13.2 Å². The fraction of sp³-hybridized carbons (Fsp3) is 0.696. The maximum Gasteiger partial charge on any atom is 0.419 e. The van der Waals surface area contributed by atoms with Crippen molar-refractivity contribution in [1.82, 2.24) is 0 Å². The molecule has 3 nitrogen and oxygen atoms in total. The maximum atomic E-state index is 13.7. The summed E-state index contributed by atoms with van der Waals surface area (Å²) in [6.07, 6.45) is 0.997. The summed E-state index contributed by atoms with van der Waals surface area (Å²) in [4.78, 5) is 11.3. The van der Waals surface area contributed by atoms with Crippen LogP contribution in [0.1, 0.15) is 61.9 Å². The molecule has 4 saturated carbocycles. The van der Waals surface area contributed by atoms with E-state index in [1.807, 2.05) is 13.8 Å². The summed E-state index contributed by atoms with van der Waals surface area (Å²) in [6, 6.07) is 2.76. The Morgan fingerprint density at radius 1 is 1.14 bits per heavy atom. The lowest BCUT2D eigenvalue weighted by molar-refractivity contribution is -0.255. The zero-order valence-electron chi connectivity index (χ0n) is 16.7. The third-order valence-electron chi connectivity index (χ3n) is 8.62. The average molecular weight is 407 g/mol. The summed E-state index contributed by atoms with van der Waals surface area (Å²) >= 11 is 0. The summed E-state index contributed by atoms with van der Waals surface area (Å²) in [5.41, 5.74) is -1.86. The molecule has 0 aromatic heterocycles. The summed E-state index contributed by atoms with van der Waals surface area (Å²) < 4.78 is 47.3. The van der Waals surface area contributed by atoms with Gasteiger partial charge in [-0.3, -0.25) is 0 Å². The number of fused-ring (bicyclic) bond motifs is 9. The number of carbonyl (C=O) groups excluding carboxylic acids is 1. The van der Waals surface area contributed by atoms with Gasteiger partial charge in [-0.05, 0) is 79.7 Å². The second-order valence-corrected chi connectivity index (χ2v) is 10.0. The average Bonchev–Trinajstić information content (AvgIpc) is 3.39. The van der Waals surface area contributed by atoms with Crippen LogP contribution in [0.2, 0.25) is 0 Å². The third-order valence-corrected chi connectivity index (χ3v) is 8.62. The van der Waals surface area contributed by atoms with Crippen molar-refractivity contribution in [2.75, 3.05) is 0 Å². The van der Waals surface area contributed by atoms with E-state index in [-0.39, 0.29) is 23.1 Å². The quantitative estimate of drug-likeness (QED) is 0.689. The van der Waals surface area contributed by atoms with Crippen molar-refractivity contribution in [3.63, 3.8) is 0 Å². The first-order chi connectivity index (χ1) is 13.6. The summed E-state index contributed by atoms with van der Waals surface area (Å²) in [5.74, 6) is 1.69. The number of halogens is 3. The van der Waals surface area contributed by atoms with E-state index in [0.717, 1.165) is 37.0 Å². The first-order valence-corrected chi connectivity index (χ1v) is 10.7. The zero-order chi connectivity index (χ0) is 20.7. The van der Waals surface area contributed by atoms with E-state index >= 15 is 0 Å². The highest BCUT2D eigenvalue weighted by molar-refractivity contribution is 5.86. The van der Waals surface area contributed by atoms with Gasteiger partial charge in [0.2, 0.25) is 0 Å². The molecule has 4 aliphatic carbocycles. The predicted molar refractivity (Wildman–Crippen MR) is 98.0 cm³/mol. The van der Waals surface area contributed by atoms with Gasteiger partial charge in [-0.25, -0.2) is 0 Å². The highest BCUT2D eigenvalue weighted by Gasteiger charge is 2.68. The second kappa shape index (κ2) is 6.14. The van der Waals surface area contributed by atoms with Gasteiger partial charge in [0, 0.05) is 11.5 Å². The van der Waals surface area contributed by atoms with Crippen LogP contribution in [0.5, 0.6) is 5.75 Å². The van der Waals surface area contributed by atoms with E-state index in [9.17, 15) is 23.1 Å². The summed E-state index contributed by atoms with van der Waals surface area (Å²) in [6.45, 7) is 4.05. The number of benzene rings is 1. The highest BCUT2D eigenvalue weighted by Crippen LogP contribution is 2.71. The molecule has 0 N–H and O–H groups in total. The number of ether oxygens (including phenoxy) is 1. The smallest absolute Gasteiger partial charge is 0.419 e. The number of carboxylic acids is 1. The van der Waals surface area contributed by atoms with E-state index in [0.29, 0.717) is 23.7 Å². The molecule has 0 saturated heterocycles. The van der Waals surface area contributed by atoms with Crippen molar-refractivity contribution in [2.24, 2.45) is 41.4 Å². The van der Waals surface area contributed by atoms with Crippen molar-refractivity contribution in [1.29, 1.82) is 0 Å². The number of aromatic carboxylic acids is 1. The molecule has 6 heteroatoms. The topological polar surface area (TPSA) is 49.4 Å². The monoisotopic (exact) mass is 407 g/mol. The molecule has 7 atom stereocenters. The number of carbonyl (C=O) groups is 1. The van der Waals surface area contributed by atoms with Crippen molar-refractivity contribution in [2.45, 2.75) is 57.7 Å². The number of alkyl halides is 3. The van der Waals surface area contributed by atoms with E-state index in [1.165, 1.54) is 19.3 Å². The lowest BCUT2D eigenvalue weighted by Crippen LogP contribution is -2.52. The fourth-order valence-electron chi connectivity index (χ4n) is 7.69. The Balaban J connectivity index is 1.55. The molecule has 4 bridgehead atoms. The van der Waals surface area contributed by atoms with Gasteiger partial charge >= 0.3 is 6.18 Å². The first-order valence-electron chi connectivity index (χ1n) is 10.7. The molecule has 0 aliphatic heterocycles. The molecule has 1 aromatic rings. The Bertz CT molecular complexity index is 848. The predicted octanol–water partition coefficient (Wildman–Crippen LogP) is 4.54. The minimum Gasteiger partial charge on any atom is -0.545 e. The molecule has 0 spiro atoms. The Morgan fingerprint density at radius 2 is 1.83 bits per heavy atom. The normalized spacial score (nSPS) is 39.9. The van der Waals surface area contributed by atoms with Gasteiger partial charge in [0.1, 0.15) is 11.4 Å². The highest BCUT2D eigenvalue weighted by atomic mass is 19.4. The fourth-order valence-corrected chi connectivity index (χ4v) is 7.69. The van der Waals surface area contributed by atoms with Gasteiger partial charge in [0.15, 0.2) is 0 Å². The van der Waals surface area contributed by atoms with Crippen LogP contribution in [0.25, 0.3) is 0 Å². The molecule has 29 heavy (non-hydrogen) atoms. The Hall–Kier alpha value is -1.72. The van der Waals surface area contributed by atoms with Crippen molar-refractivity contribution < 1.29 is 27.8 Å². The standard InChI is InChI=1S/C23H27F3O3/c1-11(2)22(10-15-8-17(22)20-13-4-3-12(7-13)19(15)20)29-18-9-14(21(27)28)5-6-16(18)23(24,25)26/h5-6,9,11-13,15,17,19-20H,3-4,7-8,10H2,1-2H3,(H,27,28)/p-1. The van der Waals surface area contributed by atoms with E-state index in [1.54, 1.807) is 0 Å².